The van der Waals surface area contributed by atoms with Gasteiger partial charge >= 0.3 is 0 Å². The van der Waals surface area contributed by atoms with E-state index in [0.717, 1.165) is 48.7 Å². The van der Waals surface area contributed by atoms with Crippen LogP contribution in [0, 0.1) is 11.8 Å². The minimum Gasteiger partial charge on any atom is -0.301 e. The van der Waals surface area contributed by atoms with E-state index in [1.807, 2.05) is 0 Å². The SMILES string of the molecule is CC1=CCCC(C2C(Cl)C2C2N(c3ccccc3)c3nccnc3N2c2ccccc2)=CCC1. The molecule has 0 spiro atoms. The fraction of sp³-hybridized carbons (Fsp3) is 0.310. The lowest BCUT2D eigenvalue weighted by Crippen LogP contribution is -2.41. The molecule has 34 heavy (non-hydrogen) atoms. The van der Waals surface area contributed by atoms with E-state index in [1.165, 1.54) is 11.1 Å². The fourth-order valence-electron chi connectivity index (χ4n) is 5.68. The van der Waals surface area contributed by atoms with Gasteiger partial charge in [-0.2, -0.15) is 0 Å². The van der Waals surface area contributed by atoms with E-state index in [-0.39, 0.29) is 17.5 Å². The van der Waals surface area contributed by atoms with Crippen LogP contribution in [0.15, 0.2) is 96.4 Å². The smallest absolute Gasteiger partial charge is 0.178 e. The summed E-state index contributed by atoms with van der Waals surface area (Å²) >= 11 is 7.15. The zero-order chi connectivity index (χ0) is 23.1. The number of nitrogens with zero attached hydrogens (tertiary/aromatic N) is 4. The molecule has 3 aliphatic rings. The molecule has 0 bridgehead atoms. The van der Waals surface area contributed by atoms with Gasteiger partial charge in [0.05, 0.1) is 0 Å². The van der Waals surface area contributed by atoms with Gasteiger partial charge < -0.3 is 9.80 Å². The normalized spacial score (nSPS) is 24.7. The predicted molar refractivity (Wildman–Crippen MR) is 140 cm³/mol. The van der Waals surface area contributed by atoms with E-state index in [4.69, 9.17) is 21.6 Å². The molecule has 3 aromatic rings. The molecule has 172 valence electrons. The Kier molecular flexibility index (Phi) is 5.62. The minimum atomic E-state index is 0.0123. The highest BCUT2D eigenvalue weighted by Crippen LogP contribution is 2.59. The lowest BCUT2D eigenvalue weighted by atomic mass is 9.96. The summed E-state index contributed by atoms with van der Waals surface area (Å²) in [6.07, 6.45) is 12.9. The Morgan fingerprint density at radius 1 is 0.765 bits per heavy atom. The number of fused-ring (bicyclic) bond motifs is 1. The Balaban J connectivity index is 1.44. The monoisotopic (exact) mass is 468 g/mol. The Hall–Kier alpha value is -3.11. The zero-order valence-corrected chi connectivity index (χ0v) is 20.1. The van der Waals surface area contributed by atoms with Gasteiger partial charge in [0.15, 0.2) is 11.6 Å². The lowest BCUT2D eigenvalue weighted by Gasteiger charge is -2.33. The maximum Gasteiger partial charge on any atom is 0.178 e. The highest BCUT2D eigenvalue weighted by atomic mass is 35.5. The average molecular weight is 469 g/mol. The third kappa shape index (κ3) is 3.70. The molecule has 0 N–H and O–H groups in total. The third-order valence-electron chi connectivity index (χ3n) is 7.34. The molecule has 2 aromatic carbocycles. The summed E-state index contributed by atoms with van der Waals surface area (Å²) in [5, 5.41) is 0.0903. The van der Waals surface area contributed by atoms with Crippen LogP contribution in [0.5, 0.6) is 0 Å². The number of alkyl halides is 1. The van der Waals surface area contributed by atoms with Crippen LogP contribution in [0.1, 0.15) is 32.6 Å². The van der Waals surface area contributed by atoms with E-state index in [2.05, 4.69) is 89.5 Å². The molecule has 1 aromatic heterocycles. The summed E-state index contributed by atoms with van der Waals surface area (Å²) in [7, 11) is 0. The van der Waals surface area contributed by atoms with Gasteiger partial charge in [-0.1, -0.05) is 59.7 Å². The van der Waals surface area contributed by atoms with Gasteiger partial charge in [0, 0.05) is 41.0 Å². The van der Waals surface area contributed by atoms with Crippen LogP contribution in [0.25, 0.3) is 0 Å². The molecule has 3 unspecified atom stereocenters. The largest absolute Gasteiger partial charge is 0.301 e. The number of aromatic nitrogens is 2. The molecule has 1 saturated carbocycles. The first-order valence-corrected chi connectivity index (χ1v) is 12.7. The number of rotatable bonds is 4. The van der Waals surface area contributed by atoms with Crippen molar-refractivity contribution in [2.24, 2.45) is 11.8 Å². The van der Waals surface area contributed by atoms with Crippen LogP contribution in [0.3, 0.4) is 0 Å². The molecule has 6 rings (SSSR count). The second-order valence-electron chi connectivity index (χ2n) is 9.48. The van der Waals surface area contributed by atoms with Gasteiger partial charge in [0.25, 0.3) is 0 Å². The molecule has 1 fully saturated rings. The van der Waals surface area contributed by atoms with Crippen molar-refractivity contribution in [2.45, 2.75) is 44.1 Å². The van der Waals surface area contributed by atoms with Crippen molar-refractivity contribution in [3.05, 3.63) is 96.4 Å². The Morgan fingerprint density at radius 2 is 1.32 bits per heavy atom. The number of halogens is 1. The first kappa shape index (κ1) is 21.4. The van der Waals surface area contributed by atoms with Gasteiger partial charge in [-0.05, 0) is 56.9 Å². The zero-order valence-electron chi connectivity index (χ0n) is 19.4. The van der Waals surface area contributed by atoms with Gasteiger partial charge in [0.1, 0.15) is 6.17 Å². The highest BCUT2D eigenvalue weighted by Gasteiger charge is 2.60. The quantitative estimate of drug-likeness (QED) is 0.295. The van der Waals surface area contributed by atoms with Crippen LogP contribution in [-0.4, -0.2) is 21.5 Å². The van der Waals surface area contributed by atoms with Crippen molar-refractivity contribution in [1.29, 1.82) is 0 Å². The van der Waals surface area contributed by atoms with E-state index in [1.54, 1.807) is 12.4 Å². The average Bonchev–Trinajstić information content (AvgIpc) is 3.39. The maximum absolute atomic E-state index is 7.15. The number of para-hydroxylation sites is 2. The van der Waals surface area contributed by atoms with Crippen molar-refractivity contribution in [3.8, 4) is 0 Å². The van der Waals surface area contributed by atoms with E-state index < -0.39 is 0 Å². The van der Waals surface area contributed by atoms with Crippen molar-refractivity contribution in [2.75, 3.05) is 9.80 Å². The molecular weight excluding hydrogens is 440 g/mol. The molecular formula is C29H29ClN4. The number of anilines is 4. The topological polar surface area (TPSA) is 32.3 Å². The van der Waals surface area contributed by atoms with Crippen LogP contribution < -0.4 is 9.80 Å². The molecule has 0 saturated heterocycles. The second kappa shape index (κ2) is 8.92. The van der Waals surface area contributed by atoms with Crippen LogP contribution >= 0.6 is 11.6 Å². The van der Waals surface area contributed by atoms with Gasteiger partial charge in [-0.15, -0.1) is 11.6 Å². The number of hydrogen-bond acceptors (Lipinski definition) is 4. The van der Waals surface area contributed by atoms with Gasteiger partial charge in [-0.25, -0.2) is 9.97 Å². The Labute approximate surface area is 206 Å². The number of benzene rings is 2. The summed E-state index contributed by atoms with van der Waals surface area (Å²) in [4.78, 5) is 14.3. The second-order valence-corrected chi connectivity index (χ2v) is 9.99. The van der Waals surface area contributed by atoms with Gasteiger partial charge in [-0.3, -0.25) is 0 Å². The molecule has 2 heterocycles. The van der Waals surface area contributed by atoms with Gasteiger partial charge in [0.2, 0.25) is 0 Å². The maximum atomic E-state index is 7.15. The number of hydrogen-bond donors (Lipinski definition) is 0. The summed E-state index contributed by atoms with van der Waals surface area (Å²) in [6.45, 7) is 2.24. The molecule has 1 aliphatic heterocycles. The van der Waals surface area contributed by atoms with E-state index in [0.29, 0.717) is 5.92 Å². The van der Waals surface area contributed by atoms with Crippen molar-refractivity contribution in [3.63, 3.8) is 0 Å². The molecule has 4 nitrogen and oxygen atoms in total. The van der Waals surface area contributed by atoms with Crippen molar-refractivity contribution in [1.82, 2.24) is 9.97 Å². The van der Waals surface area contributed by atoms with E-state index in [9.17, 15) is 0 Å². The molecule has 5 heteroatoms. The molecule has 0 radical (unpaired) electrons. The minimum absolute atomic E-state index is 0.0123. The Morgan fingerprint density at radius 3 is 1.91 bits per heavy atom. The molecule has 3 atom stereocenters. The molecule has 0 amide bonds. The summed E-state index contributed by atoms with van der Waals surface area (Å²) in [5.74, 6) is 2.42. The summed E-state index contributed by atoms with van der Waals surface area (Å²) < 4.78 is 0. The predicted octanol–water partition coefficient (Wildman–Crippen LogP) is 7.39. The van der Waals surface area contributed by atoms with Crippen LogP contribution in [0.2, 0.25) is 0 Å². The first-order valence-electron chi connectivity index (χ1n) is 12.2. The third-order valence-corrected chi connectivity index (χ3v) is 7.90. The van der Waals surface area contributed by atoms with E-state index >= 15 is 0 Å². The number of allylic oxidation sites excluding steroid dienone is 4. The van der Waals surface area contributed by atoms with Crippen molar-refractivity contribution >= 4 is 34.6 Å². The first-order chi connectivity index (χ1) is 16.7. The fourth-order valence-corrected chi connectivity index (χ4v) is 6.21. The van der Waals surface area contributed by atoms with Crippen LogP contribution in [-0.2, 0) is 0 Å². The lowest BCUT2D eigenvalue weighted by molar-refractivity contribution is 0.574. The molecule has 2 aliphatic carbocycles. The van der Waals surface area contributed by atoms with Crippen LogP contribution in [0.4, 0.5) is 23.0 Å². The highest BCUT2D eigenvalue weighted by molar-refractivity contribution is 6.23. The summed E-state index contributed by atoms with van der Waals surface area (Å²) in [6, 6.07) is 21.1. The van der Waals surface area contributed by atoms with Crippen molar-refractivity contribution < 1.29 is 0 Å². The summed E-state index contributed by atoms with van der Waals surface area (Å²) in [5.41, 5.74) is 5.26. The Bertz CT molecular complexity index is 1160. The standard InChI is InChI=1S/C29H29ClN4/c1-20-10-8-12-21(13-9-11-20)24-25(26(24)30)29-33(22-14-4-2-5-15-22)27-28(32-19-18-31-27)34(29)23-16-6-3-7-17-23/h2-7,10,13-19,24-26,29H,8-9,11-12H2,1H3.